The van der Waals surface area contributed by atoms with Crippen LogP contribution in [0.15, 0.2) is 60.7 Å². The quantitative estimate of drug-likeness (QED) is 0.381. The van der Waals surface area contributed by atoms with E-state index in [2.05, 4.69) is 60.7 Å². The normalized spacial score (nSPS) is 21.1. The van der Waals surface area contributed by atoms with Crippen molar-refractivity contribution in [3.63, 3.8) is 0 Å². The summed E-state index contributed by atoms with van der Waals surface area (Å²) in [4.78, 5) is 0. The van der Waals surface area contributed by atoms with Crippen molar-refractivity contribution >= 4 is 26.5 Å². The van der Waals surface area contributed by atoms with Crippen LogP contribution in [0.3, 0.4) is 0 Å². The first-order valence-electron chi connectivity index (χ1n) is 16.6. The van der Waals surface area contributed by atoms with Crippen molar-refractivity contribution in [2.75, 3.05) is 0 Å². The minimum atomic E-state index is 0. The van der Waals surface area contributed by atoms with E-state index >= 15 is 0 Å². The zero-order valence-corrected chi connectivity index (χ0v) is 29.6. The first kappa shape index (κ1) is 37.6. The van der Waals surface area contributed by atoms with Gasteiger partial charge in [0.2, 0.25) is 0 Å². The second kappa shape index (κ2) is 21.2. The van der Waals surface area contributed by atoms with Gasteiger partial charge >= 0.3 is 16.8 Å². The fourth-order valence-corrected chi connectivity index (χ4v) is 15.7. The van der Waals surface area contributed by atoms with Crippen molar-refractivity contribution in [2.45, 2.75) is 151 Å². The molecule has 4 saturated carbocycles. The molecule has 4 fully saturated rings. The average molecular weight is 679 g/mol. The van der Waals surface area contributed by atoms with Gasteiger partial charge < -0.3 is 24.8 Å². The van der Waals surface area contributed by atoms with Crippen LogP contribution in [0.25, 0.3) is 0 Å². The molecule has 0 spiro atoms. The van der Waals surface area contributed by atoms with Crippen LogP contribution in [0.2, 0.25) is 0 Å². The predicted octanol–water partition coefficient (Wildman–Crippen LogP) is 4.92. The SMILES string of the molecule is [Cl-].[Cl-].[Co+2].c1ccc(P(C2CCCCC2)C2CCCCC2)cc1.c1ccc(P(C2CCCCC2)C2CCCCC2)cc1. The fraction of sp³-hybridized carbons (Fsp3) is 0.667. The number of halogens is 2. The Hall–Kier alpha value is 0.386. The summed E-state index contributed by atoms with van der Waals surface area (Å²) in [7, 11) is 0.216. The number of rotatable bonds is 6. The van der Waals surface area contributed by atoms with Crippen LogP contribution in [-0.4, -0.2) is 22.6 Å². The summed E-state index contributed by atoms with van der Waals surface area (Å²) in [6.07, 6.45) is 29.9. The van der Waals surface area contributed by atoms with E-state index in [-0.39, 0.29) is 57.4 Å². The van der Waals surface area contributed by atoms with Gasteiger partial charge in [0.25, 0.3) is 0 Å². The summed E-state index contributed by atoms with van der Waals surface area (Å²) in [5.41, 5.74) is 4.15. The number of hydrogen-bond acceptors (Lipinski definition) is 0. The molecule has 0 atom stereocenters. The molecule has 2 aromatic rings. The van der Waals surface area contributed by atoms with E-state index in [9.17, 15) is 0 Å². The van der Waals surface area contributed by atoms with Crippen molar-refractivity contribution < 1.29 is 41.6 Å². The molecular weight excluding hydrogens is 624 g/mol. The van der Waals surface area contributed by atoms with Crippen molar-refractivity contribution in [3.05, 3.63) is 60.7 Å². The van der Waals surface area contributed by atoms with Crippen molar-refractivity contribution in [2.24, 2.45) is 0 Å². The van der Waals surface area contributed by atoms with Gasteiger partial charge in [0.05, 0.1) is 0 Å². The molecule has 4 aliphatic carbocycles. The summed E-state index contributed by atoms with van der Waals surface area (Å²) < 4.78 is 0. The largest absolute Gasteiger partial charge is 2.00 e. The standard InChI is InChI=1S/2C18H27P.2ClH.Co/c2*1-4-10-16(11-5-1)19(17-12-6-2-7-13-17)18-14-8-3-9-15-18;;;/h2*1,4-5,10-11,17-18H,2-3,6-9,12-15H2;2*1H;/q;;;;+2/p-2. The molecule has 2 aromatic carbocycles. The molecule has 0 aliphatic heterocycles. The second-order valence-electron chi connectivity index (χ2n) is 12.7. The Morgan fingerprint density at radius 2 is 0.561 bits per heavy atom. The Morgan fingerprint density at radius 3 is 0.780 bits per heavy atom. The van der Waals surface area contributed by atoms with Crippen LogP contribution in [0, 0.1) is 0 Å². The maximum absolute atomic E-state index is 2.43. The van der Waals surface area contributed by atoms with Crippen LogP contribution in [-0.2, 0) is 16.8 Å². The summed E-state index contributed by atoms with van der Waals surface area (Å²) in [5, 5.41) is 3.41. The van der Waals surface area contributed by atoms with Gasteiger partial charge in [-0.2, -0.15) is 0 Å². The maximum atomic E-state index is 2.43. The zero-order chi connectivity index (χ0) is 25.8. The molecule has 0 unspecified atom stereocenters. The summed E-state index contributed by atoms with van der Waals surface area (Å²) in [6, 6.07) is 23.1. The zero-order valence-electron chi connectivity index (χ0n) is 25.2. The molecule has 231 valence electrons. The van der Waals surface area contributed by atoms with E-state index < -0.39 is 0 Å². The van der Waals surface area contributed by atoms with E-state index in [1.807, 2.05) is 0 Å². The van der Waals surface area contributed by atoms with Gasteiger partial charge in [-0.25, -0.2) is 0 Å². The Balaban J connectivity index is 0.000000267. The molecule has 4 aliphatic rings. The van der Waals surface area contributed by atoms with Crippen molar-refractivity contribution in [1.29, 1.82) is 0 Å². The molecule has 6 rings (SSSR count). The molecular formula is C36H54Cl2CoP2. The van der Waals surface area contributed by atoms with Crippen molar-refractivity contribution in [3.8, 4) is 0 Å². The van der Waals surface area contributed by atoms with Crippen LogP contribution < -0.4 is 35.4 Å². The summed E-state index contributed by atoms with van der Waals surface area (Å²) in [5.74, 6) is 0. The molecule has 0 nitrogen and oxygen atoms in total. The minimum Gasteiger partial charge on any atom is -1.00 e. The minimum absolute atomic E-state index is 0. The monoisotopic (exact) mass is 677 g/mol. The van der Waals surface area contributed by atoms with Gasteiger partial charge in [0.15, 0.2) is 0 Å². The molecule has 0 heterocycles. The molecule has 41 heavy (non-hydrogen) atoms. The van der Waals surface area contributed by atoms with Gasteiger partial charge in [0, 0.05) is 0 Å². The van der Waals surface area contributed by atoms with E-state index in [4.69, 9.17) is 0 Å². The number of hydrogen-bond donors (Lipinski definition) is 0. The summed E-state index contributed by atoms with van der Waals surface area (Å²) >= 11 is 0. The fourth-order valence-electron chi connectivity index (χ4n) is 8.08. The second-order valence-corrected chi connectivity index (χ2v) is 18.2. The van der Waals surface area contributed by atoms with Gasteiger partial charge in [-0.05, 0) is 84.6 Å². The molecule has 0 bridgehead atoms. The van der Waals surface area contributed by atoms with E-state index in [0.29, 0.717) is 0 Å². The first-order chi connectivity index (χ1) is 18.9. The summed E-state index contributed by atoms with van der Waals surface area (Å²) in [6.45, 7) is 0. The molecule has 1 radical (unpaired) electrons. The van der Waals surface area contributed by atoms with Crippen LogP contribution in [0.1, 0.15) is 128 Å². The maximum Gasteiger partial charge on any atom is 2.00 e. The van der Waals surface area contributed by atoms with Crippen LogP contribution in [0.5, 0.6) is 0 Å². The predicted molar refractivity (Wildman–Crippen MR) is 173 cm³/mol. The van der Waals surface area contributed by atoms with E-state index in [0.717, 1.165) is 22.6 Å². The molecule has 0 N–H and O–H groups in total. The molecule has 0 saturated heterocycles. The Morgan fingerprint density at radius 1 is 0.341 bits per heavy atom. The average Bonchev–Trinajstić information content (AvgIpc) is 3.01. The van der Waals surface area contributed by atoms with E-state index in [1.165, 1.54) is 128 Å². The molecule has 5 heteroatoms. The molecule has 0 amide bonds. The van der Waals surface area contributed by atoms with Crippen LogP contribution in [0.4, 0.5) is 0 Å². The van der Waals surface area contributed by atoms with Gasteiger partial charge in [-0.3, -0.25) is 0 Å². The Kier molecular flexibility index (Phi) is 19.4. The smallest absolute Gasteiger partial charge is 1.00 e. The first-order valence-corrected chi connectivity index (χ1v) is 19.5. The number of benzene rings is 2. The van der Waals surface area contributed by atoms with Crippen LogP contribution >= 0.6 is 15.8 Å². The Labute approximate surface area is 278 Å². The topological polar surface area (TPSA) is 0 Å². The Bertz CT molecular complexity index is 779. The van der Waals surface area contributed by atoms with Gasteiger partial charge in [-0.1, -0.05) is 154 Å². The molecule has 0 aromatic heterocycles. The van der Waals surface area contributed by atoms with Gasteiger partial charge in [0.1, 0.15) is 0 Å². The van der Waals surface area contributed by atoms with Crippen molar-refractivity contribution in [1.82, 2.24) is 0 Å². The third kappa shape index (κ3) is 11.4. The van der Waals surface area contributed by atoms with E-state index in [1.54, 1.807) is 10.6 Å². The third-order valence-electron chi connectivity index (χ3n) is 9.98. The third-order valence-corrected chi connectivity index (χ3v) is 17.0. The van der Waals surface area contributed by atoms with Gasteiger partial charge in [-0.15, -0.1) is 0 Å².